The first kappa shape index (κ1) is 19.6. The number of aryl methyl sites for hydroxylation is 1. The summed E-state index contributed by atoms with van der Waals surface area (Å²) in [5.74, 6) is -1.25. The minimum Gasteiger partial charge on any atom is -0.354 e. The number of nitriles is 1. The summed E-state index contributed by atoms with van der Waals surface area (Å²) < 4.78 is 13.3. The fraction of sp³-hybridized carbons (Fsp3) is 0.190. The van der Waals surface area contributed by atoms with Crippen molar-refractivity contribution in [1.82, 2.24) is 5.32 Å². The largest absolute Gasteiger partial charge is 0.354 e. The third-order valence-corrected chi connectivity index (χ3v) is 5.62. The maximum Gasteiger partial charge on any atom is 0.264 e. The van der Waals surface area contributed by atoms with E-state index in [-0.39, 0.29) is 16.5 Å². The molecule has 0 aliphatic carbocycles. The van der Waals surface area contributed by atoms with Crippen LogP contribution in [0, 0.1) is 24.1 Å². The van der Waals surface area contributed by atoms with Crippen LogP contribution in [0.25, 0.3) is 0 Å². The van der Waals surface area contributed by atoms with Gasteiger partial charge in [-0.1, -0.05) is 41.6 Å². The summed E-state index contributed by atoms with van der Waals surface area (Å²) in [5, 5.41) is 11.7. The average molecular weight is 395 g/mol. The molecule has 28 heavy (non-hydrogen) atoms. The molecular weight excluding hydrogens is 377 g/mol. The number of amides is 2. The van der Waals surface area contributed by atoms with Gasteiger partial charge in [-0.2, -0.15) is 5.26 Å². The fourth-order valence-corrected chi connectivity index (χ4v) is 4.18. The number of carbonyl (C=O) groups excluding carboxylic acids is 2. The number of nitrogens with one attached hydrogen (secondary N) is 1. The number of nitrogens with zero attached hydrogens (tertiary/aromatic N) is 2. The van der Waals surface area contributed by atoms with E-state index in [4.69, 9.17) is 0 Å². The molecule has 1 fully saturated rings. The first-order valence-electron chi connectivity index (χ1n) is 8.62. The smallest absolute Gasteiger partial charge is 0.264 e. The zero-order chi connectivity index (χ0) is 20.3. The van der Waals surface area contributed by atoms with E-state index in [0.29, 0.717) is 12.1 Å². The summed E-state index contributed by atoms with van der Waals surface area (Å²) in [6.07, 6.45) is 0.456. The first-order valence-corrected chi connectivity index (χ1v) is 9.50. The molecule has 2 aromatic carbocycles. The van der Waals surface area contributed by atoms with Crippen LogP contribution >= 0.6 is 11.8 Å². The maximum atomic E-state index is 13.3. The Hall–Kier alpha value is -3.11. The lowest BCUT2D eigenvalue weighted by Gasteiger charge is -2.18. The second-order valence-electron chi connectivity index (χ2n) is 6.32. The molecule has 1 N–H and O–H groups in total. The second-order valence-corrected chi connectivity index (χ2v) is 7.51. The van der Waals surface area contributed by atoms with Crippen molar-refractivity contribution in [2.45, 2.75) is 18.6 Å². The molecule has 3 rings (SSSR count). The Morgan fingerprint density at radius 2 is 1.86 bits per heavy atom. The van der Waals surface area contributed by atoms with Gasteiger partial charge in [0.2, 0.25) is 5.91 Å². The second kappa shape index (κ2) is 8.28. The molecule has 0 saturated carbocycles. The summed E-state index contributed by atoms with van der Waals surface area (Å²) in [7, 11) is 1.42. The van der Waals surface area contributed by atoms with E-state index < -0.39 is 17.0 Å². The van der Waals surface area contributed by atoms with E-state index in [0.717, 1.165) is 11.1 Å². The highest BCUT2D eigenvalue weighted by atomic mass is 32.2. The van der Waals surface area contributed by atoms with Crippen LogP contribution in [0.3, 0.4) is 0 Å². The number of halogens is 1. The predicted octanol–water partition coefficient (Wildman–Crippen LogP) is 3.31. The third kappa shape index (κ3) is 3.92. The number of hydrogen-bond acceptors (Lipinski definition) is 4. The van der Waals surface area contributed by atoms with Crippen molar-refractivity contribution in [2.75, 3.05) is 11.9 Å². The van der Waals surface area contributed by atoms with E-state index in [1.54, 1.807) is 0 Å². The first-order chi connectivity index (χ1) is 13.4. The van der Waals surface area contributed by atoms with E-state index >= 15 is 0 Å². The van der Waals surface area contributed by atoms with Crippen molar-refractivity contribution in [2.24, 2.45) is 0 Å². The van der Waals surface area contributed by atoms with E-state index in [2.05, 4.69) is 5.32 Å². The number of likely N-dealkylation sites (N-methyl/N-ethyl adjacent to an activating group) is 1. The number of benzene rings is 2. The molecule has 1 heterocycles. The van der Waals surface area contributed by atoms with Gasteiger partial charge in [-0.05, 0) is 43.2 Å². The molecule has 0 bridgehead atoms. The van der Waals surface area contributed by atoms with Gasteiger partial charge in [0.05, 0.1) is 5.25 Å². The Morgan fingerprint density at radius 3 is 2.43 bits per heavy atom. The summed E-state index contributed by atoms with van der Waals surface area (Å²) in [4.78, 5) is 26.6. The van der Waals surface area contributed by atoms with Crippen molar-refractivity contribution in [3.8, 4) is 6.07 Å². The molecule has 1 saturated heterocycles. The lowest BCUT2D eigenvalue weighted by molar-refractivity contribution is -0.117. The Bertz CT molecular complexity index is 978. The standard InChI is InChI=1S/C21H18FN3O2S/c1-13-3-5-14(6-4-13)11-18-20(27)25(16-9-7-15(22)8-10-16)21(28-18)17(12-23)19(26)24-2/h3-10,18H,11H2,1-2H3,(H,24,26)/b21-17-/t18-/m1/s1. The number of carbonyl (C=O) groups is 2. The summed E-state index contributed by atoms with van der Waals surface area (Å²) >= 11 is 1.18. The van der Waals surface area contributed by atoms with Crippen LogP contribution in [0.1, 0.15) is 11.1 Å². The van der Waals surface area contributed by atoms with Crippen LogP contribution in [-0.2, 0) is 16.0 Å². The minimum absolute atomic E-state index is 0.142. The quantitative estimate of drug-likeness (QED) is 0.637. The van der Waals surface area contributed by atoms with Gasteiger partial charge in [-0.15, -0.1) is 0 Å². The number of hydrogen-bond donors (Lipinski definition) is 1. The molecule has 2 amide bonds. The predicted molar refractivity (Wildman–Crippen MR) is 107 cm³/mol. The Labute approximate surface area is 166 Å². The van der Waals surface area contributed by atoms with Gasteiger partial charge in [0, 0.05) is 12.7 Å². The van der Waals surface area contributed by atoms with Gasteiger partial charge in [0.25, 0.3) is 5.91 Å². The molecule has 0 spiro atoms. The van der Waals surface area contributed by atoms with E-state index in [1.165, 1.54) is 48.0 Å². The summed E-state index contributed by atoms with van der Waals surface area (Å²) in [6, 6.07) is 15.1. The number of anilines is 1. The molecule has 2 aromatic rings. The Morgan fingerprint density at radius 1 is 1.21 bits per heavy atom. The minimum atomic E-state index is -0.569. The van der Waals surface area contributed by atoms with Crippen LogP contribution in [0.5, 0.6) is 0 Å². The highest BCUT2D eigenvalue weighted by Crippen LogP contribution is 2.41. The molecule has 0 unspecified atom stereocenters. The van der Waals surface area contributed by atoms with Gasteiger partial charge < -0.3 is 5.32 Å². The molecule has 5 nitrogen and oxygen atoms in total. The van der Waals surface area contributed by atoms with Crippen LogP contribution in [0.15, 0.2) is 59.1 Å². The van der Waals surface area contributed by atoms with Crippen molar-refractivity contribution in [1.29, 1.82) is 5.26 Å². The Balaban J connectivity index is 2.03. The monoisotopic (exact) mass is 395 g/mol. The van der Waals surface area contributed by atoms with Gasteiger partial charge in [0.15, 0.2) is 0 Å². The van der Waals surface area contributed by atoms with Crippen molar-refractivity contribution >= 4 is 29.3 Å². The van der Waals surface area contributed by atoms with E-state index in [9.17, 15) is 19.2 Å². The van der Waals surface area contributed by atoms with Crippen molar-refractivity contribution < 1.29 is 14.0 Å². The van der Waals surface area contributed by atoms with E-state index in [1.807, 2.05) is 37.3 Å². The van der Waals surface area contributed by atoms with Crippen molar-refractivity contribution in [3.05, 3.63) is 76.1 Å². The van der Waals surface area contributed by atoms with Crippen LogP contribution in [-0.4, -0.2) is 24.1 Å². The van der Waals surface area contributed by atoms with Gasteiger partial charge in [-0.3, -0.25) is 14.5 Å². The number of rotatable bonds is 4. The zero-order valence-electron chi connectivity index (χ0n) is 15.4. The fourth-order valence-electron chi connectivity index (χ4n) is 2.88. The van der Waals surface area contributed by atoms with Gasteiger partial charge >= 0.3 is 0 Å². The highest BCUT2D eigenvalue weighted by Gasteiger charge is 2.40. The molecular formula is C21H18FN3O2S. The highest BCUT2D eigenvalue weighted by molar-refractivity contribution is 8.05. The molecule has 7 heteroatoms. The molecule has 0 radical (unpaired) electrons. The van der Waals surface area contributed by atoms with Crippen LogP contribution in [0.4, 0.5) is 10.1 Å². The van der Waals surface area contributed by atoms with Gasteiger partial charge in [-0.25, -0.2) is 4.39 Å². The summed E-state index contributed by atoms with van der Waals surface area (Å²) in [6.45, 7) is 1.99. The SMILES string of the molecule is CNC(=O)/C(C#N)=C1\S[C@H](Cc2ccc(C)cc2)C(=O)N1c1ccc(F)cc1. The van der Waals surface area contributed by atoms with Gasteiger partial charge in [0.1, 0.15) is 22.5 Å². The van der Waals surface area contributed by atoms with Crippen LogP contribution < -0.4 is 10.2 Å². The lowest BCUT2D eigenvalue weighted by Crippen LogP contribution is -2.31. The lowest BCUT2D eigenvalue weighted by atomic mass is 10.1. The van der Waals surface area contributed by atoms with Crippen LogP contribution in [0.2, 0.25) is 0 Å². The topological polar surface area (TPSA) is 73.2 Å². The average Bonchev–Trinajstić information content (AvgIpc) is 3.00. The molecule has 1 aliphatic rings. The maximum absolute atomic E-state index is 13.3. The zero-order valence-corrected chi connectivity index (χ0v) is 16.2. The third-order valence-electron chi connectivity index (χ3n) is 4.36. The number of thioether (sulfide) groups is 1. The molecule has 0 aromatic heterocycles. The Kier molecular flexibility index (Phi) is 5.81. The van der Waals surface area contributed by atoms with Crippen molar-refractivity contribution in [3.63, 3.8) is 0 Å². The molecule has 1 atom stereocenters. The molecule has 142 valence electrons. The molecule has 1 aliphatic heterocycles. The summed E-state index contributed by atoms with van der Waals surface area (Å²) in [5.41, 5.74) is 2.37. The normalized spacial score (nSPS) is 18.0.